The number of hydrogen-bond acceptors (Lipinski definition) is 3. The van der Waals surface area contributed by atoms with Crippen molar-refractivity contribution in [2.24, 2.45) is 0 Å². The normalized spacial score (nSPS) is 12.5. The molecule has 1 unspecified atom stereocenters. The van der Waals surface area contributed by atoms with E-state index in [9.17, 15) is 4.79 Å². The van der Waals surface area contributed by atoms with Crippen molar-refractivity contribution in [3.8, 4) is 0 Å². The van der Waals surface area contributed by atoms with Crippen LogP contribution in [0.15, 0.2) is 27.6 Å². The molecule has 1 rings (SSSR count). The van der Waals surface area contributed by atoms with Gasteiger partial charge in [0.05, 0.1) is 6.61 Å². The molecule has 0 bridgehead atoms. The van der Waals surface area contributed by atoms with Gasteiger partial charge < -0.3 is 5.11 Å². The summed E-state index contributed by atoms with van der Waals surface area (Å²) in [5.74, 6) is 0. The molecule has 76 valence electrons. The number of hydrogen-bond donors (Lipinski definition) is 1. The van der Waals surface area contributed by atoms with Gasteiger partial charge in [0.1, 0.15) is 0 Å². The van der Waals surface area contributed by atoms with Gasteiger partial charge in [0, 0.05) is 20.2 Å². The summed E-state index contributed by atoms with van der Waals surface area (Å²) in [7, 11) is 0. The zero-order valence-corrected chi connectivity index (χ0v) is 10.1. The Bertz CT molecular complexity index is 328. The Morgan fingerprint density at radius 2 is 2.36 bits per heavy atom. The predicted molar refractivity (Wildman–Crippen MR) is 61.9 cm³/mol. The molecule has 1 N–H and O–H groups in total. The lowest BCUT2D eigenvalue weighted by Gasteiger charge is -2.09. The van der Waals surface area contributed by atoms with Crippen LogP contribution in [0.25, 0.3) is 0 Å². The van der Waals surface area contributed by atoms with E-state index < -0.39 is 0 Å². The number of aliphatic hydroxyl groups is 1. The third-order valence-electron chi connectivity index (χ3n) is 1.69. The lowest BCUT2D eigenvalue weighted by Crippen LogP contribution is -2.02. The number of rotatable bonds is 4. The summed E-state index contributed by atoms with van der Waals surface area (Å²) < 4.78 is 0.940. The predicted octanol–water partition coefficient (Wildman–Crippen LogP) is 2.73. The molecular formula is C10H11BrO2S. The molecule has 0 saturated heterocycles. The van der Waals surface area contributed by atoms with Gasteiger partial charge in [0.25, 0.3) is 0 Å². The number of carbonyl (C=O) groups is 1. The maximum absolute atomic E-state index is 10.7. The van der Waals surface area contributed by atoms with Crippen molar-refractivity contribution >= 4 is 34.0 Å². The molecule has 14 heavy (non-hydrogen) atoms. The van der Waals surface area contributed by atoms with E-state index in [0.717, 1.165) is 15.7 Å². The monoisotopic (exact) mass is 274 g/mol. The summed E-state index contributed by atoms with van der Waals surface area (Å²) in [4.78, 5) is 11.6. The van der Waals surface area contributed by atoms with Crippen molar-refractivity contribution in [1.29, 1.82) is 0 Å². The summed E-state index contributed by atoms with van der Waals surface area (Å²) in [5, 5.41) is 9.01. The fourth-order valence-corrected chi connectivity index (χ4v) is 2.43. The molecule has 0 aliphatic rings. The van der Waals surface area contributed by atoms with Crippen LogP contribution in [0.1, 0.15) is 17.3 Å². The number of carbonyl (C=O) groups excluding carboxylic acids is 1. The van der Waals surface area contributed by atoms with Crippen LogP contribution in [0.4, 0.5) is 0 Å². The van der Waals surface area contributed by atoms with Gasteiger partial charge in [0.2, 0.25) is 0 Å². The van der Waals surface area contributed by atoms with Gasteiger partial charge in [0.15, 0.2) is 6.29 Å². The second-order valence-corrected chi connectivity index (χ2v) is 5.31. The van der Waals surface area contributed by atoms with Crippen LogP contribution in [-0.2, 0) is 0 Å². The summed E-state index contributed by atoms with van der Waals surface area (Å²) in [5.41, 5.74) is 0.665. The SMILES string of the molecule is CC(CO)Sc1cc(Br)ccc1C=O. The minimum Gasteiger partial charge on any atom is -0.395 e. The fraction of sp³-hybridized carbons (Fsp3) is 0.300. The standard InChI is InChI=1S/C10H11BrO2S/c1-7(5-12)14-10-4-9(11)3-2-8(10)6-13/h2-4,6-7,12H,5H2,1H3. The van der Waals surface area contributed by atoms with Gasteiger partial charge in [-0.05, 0) is 18.2 Å². The molecule has 0 amide bonds. The van der Waals surface area contributed by atoms with E-state index in [2.05, 4.69) is 15.9 Å². The molecule has 4 heteroatoms. The Balaban J connectivity index is 2.92. The molecule has 0 aromatic heterocycles. The average molecular weight is 275 g/mol. The Morgan fingerprint density at radius 3 is 2.93 bits per heavy atom. The first-order valence-corrected chi connectivity index (χ1v) is 5.87. The van der Waals surface area contributed by atoms with E-state index in [-0.39, 0.29) is 11.9 Å². The molecule has 0 heterocycles. The molecule has 1 aromatic rings. The summed E-state index contributed by atoms with van der Waals surface area (Å²) in [6.45, 7) is 2.02. The minimum absolute atomic E-state index is 0.1000. The molecule has 0 fully saturated rings. The van der Waals surface area contributed by atoms with E-state index in [4.69, 9.17) is 5.11 Å². The summed E-state index contributed by atoms with van der Waals surface area (Å²) in [6, 6.07) is 5.49. The Morgan fingerprint density at radius 1 is 1.64 bits per heavy atom. The highest BCUT2D eigenvalue weighted by Crippen LogP contribution is 2.28. The second kappa shape index (κ2) is 5.53. The van der Waals surface area contributed by atoms with Gasteiger partial charge in [-0.15, -0.1) is 11.8 Å². The third kappa shape index (κ3) is 3.12. The Hall–Kier alpha value is -0.320. The lowest BCUT2D eigenvalue weighted by molar-refractivity contribution is 0.112. The third-order valence-corrected chi connectivity index (χ3v) is 3.34. The summed E-state index contributed by atoms with van der Waals surface area (Å²) in [6.07, 6.45) is 0.832. The van der Waals surface area contributed by atoms with Gasteiger partial charge >= 0.3 is 0 Å². The number of thioether (sulfide) groups is 1. The van der Waals surface area contributed by atoms with E-state index in [1.54, 1.807) is 6.07 Å². The highest BCUT2D eigenvalue weighted by atomic mass is 79.9. The maximum Gasteiger partial charge on any atom is 0.151 e. The van der Waals surface area contributed by atoms with Crippen molar-refractivity contribution in [3.63, 3.8) is 0 Å². The molecule has 1 aromatic carbocycles. The molecule has 2 nitrogen and oxygen atoms in total. The van der Waals surface area contributed by atoms with Crippen molar-refractivity contribution < 1.29 is 9.90 Å². The van der Waals surface area contributed by atoms with E-state index in [0.29, 0.717) is 5.56 Å². The van der Waals surface area contributed by atoms with Crippen molar-refractivity contribution in [2.75, 3.05) is 6.61 Å². The minimum atomic E-state index is 0.1000. The Kier molecular flexibility index (Phi) is 4.65. The largest absolute Gasteiger partial charge is 0.395 e. The van der Waals surface area contributed by atoms with E-state index >= 15 is 0 Å². The van der Waals surface area contributed by atoms with Gasteiger partial charge in [-0.2, -0.15) is 0 Å². The first kappa shape index (κ1) is 11.8. The molecule has 0 radical (unpaired) electrons. The van der Waals surface area contributed by atoms with Crippen LogP contribution in [-0.4, -0.2) is 23.2 Å². The lowest BCUT2D eigenvalue weighted by atomic mass is 10.2. The van der Waals surface area contributed by atoms with Crippen LogP contribution >= 0.6 is 27.7 Å². The topological polar surface area (TPSA) is 37.3 Å². The average Bonchev–Trinajstić information content (AvgIpc) is 2.18. The summed E-state index contributed by atoms with van der Waals surface area (Å²) >= 11 is 4.84. The van der Waals surface area contributed by atoms with Crippen molar-refractivity contribution in [1.82, 2.24) is 0 Å². The van der Waals surface area contributed by atoms with Crippen LogP contribution in [0.5, 0.6) is 0 Å². The number of benzene rings is 1. The fourth-order valence-electron chi connectivity index (χ4n) is 0.962. The number of aldehydes is 1. The highest BCUT2D eigenvalue weighted by Gasteiger charge is 2.07. The van der Waals surface area contributed by atoms with Gasteiger partial charge in [-0.3, -0.25) is 4.79 Å². The molecule has 1 atom stereocenters. The quantitative estimate of drug-likeness (QED) is 0.678. The molecule has 0 spiro atoms. The number of halogens is 1. The Labute approximate surface area is 95.8 Å². The van der Waals surface area contributed by atoms with E-state index in [1.807, 2.05) is 19.1 Å². The first-order chi connectivity index (χ1) is 6.67. The molecule has 0 aliphatic carbocycles. The first-order valence-electron chi connectivity index (χ1n) is 4.19. The van der Waals surface area contributed by atoms with Crippen molar-refractivity contribution in [2.45, 2.75) is 17.1 Å². The highest BCUT2D eigenvalue weighted by molar-refractivity contribution is 9.10. The zero-order valence-electron chi connectivity index (χ0n) is 7.74. The maximum atomic E-state index is 10.7. The van der Waals surface area contributed by atoms with Crippen LogP contribution < -0.4 is 0 Å². The second-order valence-electron chi connectivity index (χ2n) is 2.91. The molecule has 0 saturated carbocycles. The van der Waals surface area contributed by atoms with Crippen LogP contribution in [0.2, 0.25) is 0 Å². The van der Waals surface area contributed by atoms with Gasteiger partial charge in [-0.25, -0.2) is 0 Å². The van der Waals surface area contributed by atoms with Gasteiger partial charge in [-0.1, -0.05) is 22.9 Å². The van der Waals surface area contributed by atoms with Crippen LogP contribution in [0.3, 0.4) is 0 Å². The van der Waals surface area contributed by atoms with Crippen molar-refractivity contribution in [3.05, 3.63) is 28.2 Å². The number of aliphatic hydroxyl groups excluding tert-OH is 1. The van der Waals surface area contributed by atoms with E-state index in [1.165, 1.54) is 11.8 Å². The zero-order chi connectivity index (χ0) is 10.6. The van der Waals surface area contributed by atoms with Crippen LogP contribution in [0, 0.1) is 0 Å². The molecule has 0 aliphatic heterocycles. The smallest absolute Gasteiger partial charge is 0.151 e. The molecular weight excluding hydrogens is 264 g/mol.